The van der Waals surface area contributed by atoms with Gasteiger partial charge in [-0.05, 0) is 6.07 Å². The summed E-state index contributed by atoms with van der Waals surface area (Å²) in [5.74, 6) is -4.72. The quantitative estimate of drug-likeness (QED) is 0.340. The number of ether oxygens (including phenoxy) is 1. The van der Waals surface area contributed by atoms with E-state index >= 15 is 0 Å². The van der Waals surface area contributed by atoms with Crippen molar-refractivity contribution in [1.82, 2.24) is 0 Å². The van der Waals surface area contributed by atoms with Crippen LogP contribution in [0.5, 0.6) is 0 Å². The fourth-order valence-electron chi connectivity index (χ4n) is 0.907. The summed E-state index contributed by atoms with van der Waals surface area (Å²) < 4.78 is 30.4. The van der Waals surface area contributed by atoms with Gasteiger partial charge in [-0.15, -0.1) is 0 Å². The second-order valence-corrected chi connectivity index (χ2v) is 3.51. The van der Waals surface area contributed by atoms with Gasteiger partial charge in [0, 0.05) is 6.92 Å². The number of carbonyl (C=O) groups is 2. The van der Waals surface area contributed by atoms with Gasteiger partial charge in [0.05, 0.1) is 10.6 Å². The lowest BCUT2D eigenvalue weighted by Gasteiger charge is -2.05. The number of rotatable bonds is 1. The van der Waals surface area contributed by atoms with Crippen molar-refractivity contribution < 1.29 is 23.1 Å². The van der Waals surface area contributed by atoms with Crippen LogP contribution in [-0.2, 0) is 9.53 Å². The number of esters is 2. The third-order valence-electron chi connectivity index (χ3n) is 1.56. The van der Waals surface area contributed by atoms with E-state index in [9.17, 15) is 18.4 Å². The van der Waals surface area contributed by atoms with E-state index < -0.39 is 39.2 Å². The molecular weight excluding hydrogens is 265 g/mol. The zero-order chi connectivity index (χ0) is 12.5. The van der Waals surface area contributed by atoms with Gasteiger partial charge in [0.1, 0.15) is 5.02 Å². The molecule has 0 aliphatic carbocycles. The second kappa shape index (κ2) is 4.76. The van der Waals surface area contributed by atoms with E-state index in [1.54, 1.807) is 0 Å². The first-order valence-corrected chi connectivity index (χ1v) is 4.66. The van der Waals surface area contributed by atoms with Crippen LogP contribution in [0.2, 0.25) is 10.0 Å². The zero-order valence-electron chi connectivity index (χ0n) is 7.81. The summed E-state index contributed by atoms with van der Waals surface area (Å²) in [7, 11) is 0. The molecule has 0 aliphatic rings. The van der Waals surface area contributed by atoms with Crippen molar-refractivity contribution in [3.05, 3.63) is 33.3 Å². The Morgan fingerprint density at radius 2 is 1.81 bits per heavy atom. The molecule has 16 heavy (non-hydrogen) atoms. The van der Waals surface area contributed by atoms with Crippen LogP contribution in [0.3, 0.4) is 0 Å². The fraction of sp³-hybridized carbons (Fsp3) is 0.111. The fourth-order valence-corrected chi connectivity index (χ4v) is 1.36. The number of benzene rings is 1. The first-order chi connectivity index (χ1) is 7.34. The Kier molecular flexibility index (Phi) is 3.83. The van der Waals surface area contributed by atoms with E-state index in [4.69, 9.17) is 23.2 Å². The number of carbonyl (C=O) groups excluding carboxylic acids is 2. The van der Waals surface area contributed by atoms with Crippen LogP contribution >= 0.6 is 23.2 Å². The molecule has 0 N–H and O–H groups in total. The molecular formula is C9H4Cl2F2O3. The van der Waals surface area contributed by atoms with Crippen molar-refractivity contribution >= 4 is 35.1 Å². The van der Waals surface area contributed by atoms with E-state index in [0.29, 0.717) is 6.07 Å². The molecule has 1 rings (SSSR count). The molecule has 0 atom stereocenters. The highest BCUT2D eigenvalue weighted by atomic mass is 35.5. The van der Waals surface area contributed by atoms with Gasteiger partial charge in [0.15, 0.2) is 11.6 Å². The van der Waals surface area contributed by atoms with Gasteiger partial charge in [-0.1, -0.05) is 23.2 Å². The largest absolute Gasteiger partial charge is 0.390 e. The third-order valence-corrected chi connectivity index (χ3v) is 2.17. The van der Waals surface area contributed by atoms with Gasteiger partial charge in [-0.2, -0.15) is 0 Å². The van der Waals surface area contributed by atoms with E-state index in [-0.39, 0.29) is 0 Å². The van der Waals surface area contributed by atoms with Crippen molar-refractivity contribution in [3.63, 3.8) is 0 Å². The van der Waals surface area contributed by atoms with Gasteiger partial charge in [-0.25, -0.2) is 13.6 Å². The van der Waals surface area contributed by atoms with Gasteiger partial charge in [-0.3, -0.25) is 4.79 Å². The molecule has 1 aromatic rings. The summed E-state index contributed by atoms with van der Waals surface area (Å²) in [4.78, 5) is 21.6. The molecule has 0 saturated heterocycles. The molecule has 3 nitrogen and oxygen atoms in total. The SMILES string of the molecule is CC(=O)OC(=O)c1cc(Cl)c(F)c(Cl)c1F. The summed E-state index contributed by atoms with van der Waals surface area (Å²) in [6.45, 7) is 0.961. The maximum absolute atomic E-state index is 13.3. The highest BCUT2D eigenvalue weighted by Crippen LogP contribution is 2.28. The maximum Gasteiger partial charge on any atom is 0.348 e. The normalized spacial score (nSPS) is 10.1. The van der Waals surface area contributed by atoms with Gasteiger partial charge in [0.25, 0.3) is 0 Å². The van der Waals surface area contributed by atoms with E-state index in [1.165, 1.54) is 0 Å². The Hall–Kier alpha value is -1.20. The predicted octanol–water partition coefficient (Wildman–Crippen LogP) is 2.97. The average Bonchev–Trinajstić information content (AvgIpc) is 2.19. The first kappa shape index (κ1) is 12.9. The molecule has 0 radical (unpaired) electrons. The molecule has 0 amide bonds. The maximum atomic E-state index is 13.3. The van der Waals surface area contributed by atoms with Crippen LogP contribution in [0.1, 0.15) is 17.3 Å². The molecule has 0 aromatic heterocycles. The molecule has 0 saturated carbocycles. The van der Waals surface area contributed by atoms with Crippen molar-refractivity contribution in [1.29, 1.82) is 0 Å². The Balaban J connectivity index is 3.25. The third kappa shape index (κ3) is 2.48. The van der Waals surface area contributed by atoms with Crippen molar-refractivity contribution in [2.24, 2.45) is 0 Å². The molecule has 1 aromatic carbocycles. The topological polar surface area (TPSA) is 43.4 Å². The van der Waals surface area contributed by atoms with Gasteiger partial charge >= 0.3 is 11.9 Å². The highest BCUT2D eigenvalue weighted by molar-refractivity contribution is 6.35. The van der Waals surface area contributed by atoms with Crippen LogP contribution in [0.4, 0.5) is 8.78 Å². The minimum atomic E-state index is -1.32. The van der Waals surface area contributed by atoms with Crippen molar-refractivity contribution in [2.45, 2.75) is 6.92 Å². The standard InChI is InChI=1S/C9H4Cl2F2O3/c1-3(14)16-9(15)4-2-5(10)8(13)6(11)7(4)12/h2H,1H3. The van der Waals surface area contributed by atoms with E-state index in [1.807, 2.05) is 0 Å². The lowest BCUT2D eigenvalue weighted by molar-refractivity contribution is -0.135. The Morgan fingerprint density at radius 1 is 1.25 bits per heavy atom. The van der Waals surface area contributed by atoms with Crippen LogP contribution in [-0.4, -0.2) is 11.9 Å². The molecule has 0 spiro atoms. The van der Waals surface area contributed by atoms with Crippen LogP contribution in [0.25, 0.3) is 0 Å². The van der Waals surface area contributed by atoms with Crippen molar-refractivity contribution in [2.75, 3.05) is 0 Å². The predicted molar refractivity (Wildman–Crippen MR) is 52.5 cm³/mol. The van der Waals surface area contributed by atoms with Crippen LogP contribution in [0.15, 0.2) is 6.07 Å². The Labute approximate surface area is 98.9 Å². The number of halogens is 4. The minimum Gasteiger partial charge on any atom is -0.390 e. The summed E-state index contributed by atoms with van der Waals surface area (Å²) in [5.41, 5.74) is -0.702. The molecule has 0 unspecified atom stereocenters. The minimum absolute atomic E-state index is 0.540. The number of hydrogen-bond donors (Lipinski definition) is 0. The van der Waals surface area contributed by atoms with E-state index in [0.717, 1.165) is 6.92 Å². The molecule has 7 heteroatoms. The smallest absolute Gasteiger partial charge is 0.348 e. The number of hydrogen-bond acceptors (Lipinski definition) is 3. The molecule has 0 bridgehead atoms. The van der Waals surface area contributed by atoms with Gasteiger partial charge in [0.2, 0.25) is 0 Å². The summed E-state index contributed by atoms with van der Waals surface area (Å²) in [6, 6.07) is 0.698. The van der Waals surface area contributed by atoms with E-state index in [2.05, 4.69) is 4.74 Å². The van der Waals surface area contributed by atoms with Crippen molar-refractivity contribution in [3.8, 4) is 0 Å². The molecule has 0 aliphatic heterocycles. The molecule has 0 fully saturated rings. The lowest BCUT2D eigenvalue weighted by atomic mass is 10.2. The summed E-state index contributed by atoms with van der Waals surface area (Å²) in [5, 5.41) is -1.47. The highest BCUT2D eigenvalue weighted by Gasteiger charge is 2.22. The molecule has 0 heterocycles. The Bertz CT molecular complexity index is 474. The zero-order valence-corrected chi connectivity index (χ0v) is 9.33. The average molecular weight is 269 g/mol. The monoisotopic (exact) mass is 268 g/mol. The van der Waals surface area contributed by atoms with Crippen LogP contribution in [0, 0.1) is 11.6 Å². The van der Waals surface area contributed by atoms with Gasteiger partial charge < -0.3 is 4.74 Å². The van der Waals surface area contributed by atoms with Crippen LogP contribution < -0.4 is 0 Å². The lowest BCUT2D eigenvalue weighted by Crippen LogP contribution is -2.12. The molecule has 86 valence electrons. The summed E-state index contributed by atoms with van der Waals surface area (Å²) in [6.07, 6.45) is 0. The second-order valence-electron chi connectivity index (χ2n) is 2.73. The summed E-state index contributed by atoms with van der Waals surface area (Å²) >= 11 is 10.6. The Morgan fingerprint density at radius 3 is 2.31 bits per heavy atom. The first-order valence-electron chi connectivity index (χ1n) is 3.90.